The van der Waals surface area contributed by atoms with Gasteiger partial charge in [-0.15, -0.1) is 0 Å². The van der Waals surface area contributed by atoms with Crippen LogP contribution in [0.2, 0.25) is 0 Å². The number of anilines is 3. The number of nitrogens with one attached hydrogen (secondary N) is 2. The van der Waals surface area contributed by atoms with Crippen LogP contribution in [-0.4, -0.2) is 22.7 Å². The lowest BCUT2D eigenvalue weighted by molar-refractivity contribution is 0.102. The molecule has 0 atom stereocenters. The maximum absolute atomic E-state index is 12.5. The summed E-state index contributed by atoms with van der Waals surface area (Å²) in [5, 5.41) is 5.94. The summed E-state index contributed by atoms with van der Waals surface area (Å²) in [4.78, 5) is 21.0. The van der Waals surface area contributed by atoms with Crippen molar-refractivity contribution < 1.29 is 14.3 Å². The number of benzene rings is 2. The molecule has 2 heterocycles. The highest BCUT2D eigenvalue weighted by Crippen LogP contribution is 2.34. The minimum atomic E-state index is -0.295. The Morgan fingerprint density at radius 2 is 1.74 bits per heavy atom. The predicted octanol–water partition coefficient (Wildman–Crippen LogP) is 3.82. The van der Waals surface area contributed by atoms with E-state index in [4.69, 9.17) is 9.47 Å². The van der Waals surface area contributed by atoms with Gasteiger partial charge in [-0.1, -0.05) is 6.07 Å². The molecule has 7 nitrogen and oxygen atoms in total. The van der Waals surface area contributed by atoms with Gasteiger partial charge >= 0.3 is 0 Å². The van der Waals surface area contributed by atoms with Crippen LogP contribution in [0.5, 0.6) is 11.5 Å². The highest BCUT2D eigenvalue weighted by molar-refractivity contribution is 6.03. The van der Waals surface area contributed by atoms with E-state index in [9.17, 15) is 4.79 Å². The summed E-state index contributed by atoms with van der Waals surface area (Å²) in [6.45, 7) is 4.19. The van der Waals surface area contributed by atoms with Crippen molar-refractivity contribution in [2.24, 2.45) is 0 Å². The number of hydrogen-bond donors (Lipinski definition) is 2. The Balaban J connectivity index is 1.50. The summed E-state index contributed by atoms with van der Waals surface area (Å²) in [5.41, 5.74) is 3.91. The predicted molar refractivity (Wildman–Crippen MR) is 102 cm³/mol. The van der Waals surface area contributed by atoms with Crippen LogP contribution < -0.4 is 20.1 Å². The zero-order valence-electron chi connectivity index (χ0n) is 14.9. The Morgan fingerprint density at radius 3 is 2.56 bits per heavy atom. The minimum absolute atomic E-state index is 0.212. The molecule has 136 valence electrons. The van der Waals surface area contributed by atoms with Crippen molar-refractivity contribution >= 4 is 23.2 Å². The van der Waals surface area contributed by atoms with Gasteiger partial charge in [0.15, 0.2) is 11.5 Å². The van der Waals surface area contributed by atoms with Gasteiger partial charge in [0.2, 0.25) is 12.7 Å². The fourth-order valence-electron chi connectivity index (χ4n) is 2.89. The first kappa shape index (κ1) is 16.8. The molecular weight excluding hydrogens is 344 g/mol. The van der Waals surface area contributed by atoms with Crippen molar-refractivity contribution in [3.05, 3.63) is 65.5 Å². The van der Waals surface area contributed by atoms with Crippen LogP contribution in [-0.2, 0) is 0 Å². The number of aromatic nitrogens is 2. The quantitative estimate of drug-likeness (QED) is 0.734. The molecule has 7 heteroatoms. The van der Waals surface area contributed by atoms with Gasteiger partial charge in [0.05, 0.1) is 0 Å². The van der Waals surface area contributed by atoms with Crippen LogP contribution >= 0.6 is 0 Å². The fourth-order valence-corrected chi connectivity index (χ4v) is 2.89. The Labute approximate surface area is 156 Å². The van der Waals surface area contributed by atoms with Gasteiger partial charge < -0.3 is 20.1 Å². The molecule has 0 bridgehead atoms. The molecule has 1 amide bonds. The van der Waals surface area contributed by atoms with Crippen molar-refractivity contribution in [1.82, 2.24) is 9.97 Å². The number of nitrogens with zero attached hydrogens (tertiary/aromatic N) is 2. The smallest absolute Gasteiger partial charge is 0.274 e. The average molecular weight is 362 g/mol. The number of fused-ring (bicyclic) bond motifs is 1. The van der Waals surface area contributed by atoms with Gasteiger partial charge in [-0.3, -0.25) is 4.79 Å². The van der Waals surface area contributed by atoms with Gasteiger partial charge in [-0.25, -0.2) is 9.97 Å². The summed E-state index contributed by atoms with van der Waals surface area (Å²) in [6.07, 6.45) is 1.54. The zero-order chi connectivity index (χ0) is 18.8. The molecule has 1 aliphatic heterocycles. The molecule has 0 aliphatic carbocycles. The number of hydrogen-bond acceptors (Lipinski definition) is 6. The summed E-state index contributed by atoms with van der Waals surface area (Å²) >= 11 is 0. The first-order chi connectivity index (χ1) is 13.1. The lowest BCUT2D eigenvalue weighted by atomic mass is 10.1. The highest BCUT2D eigenvalue weighted by Gasteiger charge is 2.14. The van der Waals surface area contributed by atoms with Crippen molar-refractivity contribution in [3.63, 3.8) is 0 Å². The second kappa shape index (κ2) is 6.95. The number of amides is 1. The molecular formula is C20H18N4O3. The first-order valence-corrected chi connectivity index (χ1v) is 8.46. The normalized spacial score (nSPS) is 11.9. The lowest BCUT2D eigenvalue weighted by Crippen LogP contribution is -2.15. The van der Waals surface area contributed by atoms with E-state index in [0.717, 1.165) is 22.5 Å². The molecule has 2 N–H and O–H groups in total. The number of rotatable bonds is 4. The summed E-state index contributed by atoms with van der Waals surface area (Å²) < 4.78 is 10.7. The Kier molecular flexibility index (Phi) is 4.33. The van der Waals surface area contributed by atoms with Crippen molar-refractivity contribution in [1.29, 1.82) is 0 Å². The second-order valence-corrected chi connectivity index (χ2v) is 6.29. The Bertz CT molecular complexity index is 1000. The molecule has 27 heavy (non-hydrogen) atoms. The van der Waals surface area contributed by atoms with E-state index in [0.29, 0.717) is 17.4 Å². The molecule has 0 spiro atoms. The standard InChI is InChI=1S/C20H18N4O3/c1-12-7-13(2)9-15(8-12)22-19(25)16-5-6-21-20(24-16)23-14-3-4-17-18(10-14)27-11-26-17/h3-10H,11H2,1-2H3,(H,22,25)(H,21,23,24). The molecule has 0 fully saturated rings. The third kappa shape index (κ3) is 3.82. The Morgan fingerprint density at radius 1 is 0.963 bits per heavy atom. The number of ether oxygens (including phenoxy) is 2. The van der Waals surface area contributed by atoms with E-state index in [1.54, 1.807) is 24.4 Å². The molecule has 4 rings (SSSR count). The van der Waals surface area contributed by atoms with E-state index in [2.05, 4.69) is 20.6 Å². The van der Waals surface area contributed by atoms with Crippen molar-refractivity contribution in [2.75, 3.05) is 17.4 Å². The molecule has 1 aromatic heterocycles. The average Bonchev–Trinajstić information content (AvgIpc) is 3.09. The van der Waals surface area contributed by atoms with E-state index in [-0.39, 0.29) is 18.4 Å². The molecule has 0 unspecified atom stereocenters. The van der Waals surface area contributed by atoms with Gasteiger partial charge in [-0.05, 0) is 55.3 Å². The summed E-state index contributed by atoms with van der Waals surface area (Å²) in [7, 11) is 0. The third-order valence-electron chi connectivity index (χ3n) is 4.00. The molecule has 0 saturated carbocycles. The van der Waals surface area contributed by atoms with Crippen molar-refractivity contribution in [2.45, 2.75) is 13.8 Å². The van der Waals surface area contributed by atoms with Crippen molar-refractivity contribution in [3.8, 4) is 11.5 Å². The van der Waals surface area contributed by atoms with Crippen LogP contribution in [0, 0.1) is 13.8 Å². The van der Waals surface area contributed by atoms with Gasteiger partial charge in [0.25, 0.3) is 5.91 Å². The maximum Gasteiger partial charge on any atom is 0.274 e. The van der Waals surface area contributed by atoms with Crippen LogP contribution in [0.1, 0.15) is 21.6 Å². The molecule has 0 saturated heterocycles. The van der Waals surface area contributed by atoms with E-state index < -0.39 is 0 Å². The summed E-state index contributed by atoms with van der Waals surface area (Å²) in [5.74, 6) is 1.38. The fraction of sp³-hybridized carbons (Fsp3) is 0.150. The largest absolute Gasteiger partial charge is 0.454 e. The van der Waals surface area contributed by atoms with Gasteiger partial charge in [0.1, 0.15) is 5.69 Å². The molecule has 1 aliphatic rings. The SMILES string of the molecule is Cc1cc(C)cc(NC(=O)c2ccnc(Nc3ccc4c(c3)OCO4)n2)c1. The van der Waals surface area contributed by atoms with E-state index >= 15 is 0 Å². The van der Waals surface area contributed by atoms with E-state index in [1.807, 2.05) is 38.1 Å². The van der Waals surface area contributed by atoms with Crippen LogP contribution in [0.3, 0.4) is 0 Å². The Hall–Kier alpha value is -3.61. The molecule has 3 aromatic rings. The first-order valence-electron chi connectivity index (χ1n) is 8.46. The van der Waals surface area contributed by atoms with Crippen LogP contribution in [0.25, 0.3) is 0 Å². The minimum Gasteiger partial charge on any atom is -0.454 e. The number of aryl methyl sites for hydroxylation is 2. The number of carbonyl (C=O) groups is 1. The molecule has 0 radical (unpaired) electrons. The van der Waals surface area contributed by atoms with Gasteiger partial charge in [-0.2, -0.15) is 0 Å². The second-order valence-electron chi connectivity index (χ2n) is 6.29. The summed E-state index contributed by atoms with van der Waals surface area (Å²) in [6, 6.07) is 12.9. The lowest BCUT2D eigenvalue weighted by Gasteiger charge is -2.09. The topological polar surface area (TPSA) is 85.4 Å². The maximum atomic E-state index is 12.5. The highest BCUT2D eigenvalue weighted by atomic mass is 16.7. The molecule has 2 aromatic carbocycles. The van der Waals surface area contributed by atoms with Crippen LogP contribution in [0.4, 0.5) is 17.3 Å². The zero-order valence-corrected chi connectivity index (χ0v) is 14.9. The number of carbonyl (C=O) groups excluding carboxylic acids is 1. The van der Waals surface area contributed by atoms with Crippen LogP contribution in [0.15, 0.2) is 48.7 Å². The third-order valence-corrected chi connectivity index (χ3v) is 4.00. The van der Waals surface area contributed by atoms with E-state index in [1.165, 1.54) is 0 Å². The monoisotopic (exact) mass is 362 g/mol. The van der Waals surface area contributed by atoms with Gasteiger partial charge in [0, 0.05) is 23.6 Å².